The van der Waals surface area contributed by atoms with Crippen molar-refractivity contribution in [2.45, 2.75) is 38.1 Å². The zero-order valence-corrected chi connectivity index (χ0v) is 14.8. The van der Waals surface area contributed by atoms with Crippen LogP contribution in [0.1, 0.15) is 31.2 Å². The standard InChI is InChI=1S/C20H30N2O2/c1-21(20(23)18-10-14-24-15-11-18)19-8-5-12-22(16-19)13-9-17-6-3-2-4-7-17/h2-4,6-7,18-19H,5,8-16H2,1H3/t19-/m1/s1. The van der Waals surface area contributed by atoms with Crippen LogP contribution in [0.2, 0.25) is 0 Å². The van der Waals surface area contributed by atoms with E-state index in [9.17, 15) is 4.79 Å². The molecule has 2 saturated heterocycles. The normalized spacial score (nSPS) is 23.1. The van der Waals surface area contributed by atoms with Crippen LogP contribution in [-0.2, 0) is 16.0 Å². The molecule has 1 atom stereocenters. The molecule has 0 aromatic heterocycles. The van der Waals surface area contributed by atoms with Crippen LogP contribution in [0.3, 0.4) is 0 Å². The number of carbonyl (C=O) groups is 1. The van der Waals surface area contributed by atoms with Crippen LogP contribution in [0.5, 0.6) is 0 Å². The second kappa shape index (κ2) is 8.63. The summed E-state index contributed by atoms with van der Waals surface area (Å²) in [7, 11) is 2.00. The van der Waals surface area contributed by atoms with Crippen LogP contribution >= 0.6 is 0 Å². The average Bonchev–Trinajstić information content (AvgIpc) is 2.67. The lowest BCUT2D eigenvalue weighted by Crippen LogP contribution is -2.50. The molecule has 4 heteroatoms. The Bertz CT molecular complexity index is 514. The van der Waals surface area contributed by atoms with E-state index in [1.165, 1.54) is 12.0 Å². The van der Waals surface area contributed by atoms with Gasteiger partial charge in [0.05, 0.1) is 0 Å². The molecule has 0 bridgehead atoms. The summed E-state index contributed by atoms with van der Waals surface area (Å²) in [5, 5.41) is 0. The molecule has 1 aromatic rings. The molecule has 0 unspecified atom stereocenters. The van der Waals surface area contributed by atoms with Gasteiger partial charge in [-0.05, 0) is 44.2 Å². The van der Waals surface area contributed by atoms with Crippen LogP contribution in [0.4, 0.5) is 0 Å². The van der Waals surface area contributed by atoms with Gasteiger partial charge in [0.1, 0.15) is 0 Å². The van der Waals surface area contributed by atoms with Gasteiger partial charge in [-0.3, -0.25) is 4.79 Å². The number of hydrogen-bond acceptors (Lipinski definition) is 3. The van der Waals surface area contributed by atoms with Gasteiger partial charge in [0.2, 0.25) is 5.91 Å². The van der Waals surface area contributed by atoms with Gasteiger partial charge in [-0.2, -0.15) is 0 Å². The maximum atomic E-state index is 12.7. The summed E-state index contributed by atoms with van der Waals surface area (Å²) in [4.78, 5) is 17.3. The molecule has 1 aromatic carbocycles. The van der Waals surface area contributed by atoms with E-state index in [-0.39, 0.29) is 5.92 Å². The fourth-order valence-corrected chi connectivity index (χ4v) is 3.89. The van der Waals surface area contributed by atoms with Crippen molar-refractivity contribution in [3.05, 3.63) is 35.9 Å². The van der Waals surface area contributed by atoms with Crippen LogP contribution in [0.25, 0.3) is 0 Å². The average molecular weight is 330 g/mol. The summed E-state index contributed by atoms with van der Waals surface area (Å²) in [5.74, 6) is 0.497. The molecule has 4 nitrogen and oxygen atoms in total. The van der Waals surface area contributed by atoms with Crippen LogP contribution in [0, 0.1) is 5.92 Å². The van der Waals surface area contributed by atoms with Crippen LogP contribution in [0.15, 0.2) is 30.3 Å². The topological polar surface area (TPSA) is 32.8 Å². The molecule has 3 rings (SSSR count). The molecule has 0 spiro atoms. The summed E-state index contributed by atoms with van der Waals surface area (Å²) in [5.41, 5.74) is 1.39. The fourth-order valence-electron chi connectivity index (χ4n) is 3.89. The lowest BCUT2D eigenvalue weighted by Gasteiger charge is -2.39. The molecule has 0 radical (unpaired) electrons. The van der Waals surface area contributed by atoms with Crippen molar-refractivity contribution in [3.8, 4) is 0 Å². The van der Waals surface area contributed by atoms with Crippen molar-refractivity contribution in [2.75, 3.05) is 39.9 Å². The third kappa shape index (κ3) is 4.58. The molecule has 0 aliphatic carbocycles. The summed E-state index contributed by atoms with van der Waals surface area (Å²) in [6.45, 7) is 4.72. The van der Waals surface area contributed by atoms with E-state index in [0.717, 1.165) is 58.5 Å². The Morgan fingerprint density at radius 1 is 1.21 bits per heavy atom. The Kier molecular flexibility index (Phi) is 6.27. The number of carbonyl (C=O) groups excluding carboxylic acids is 1. The minimum absolute atomic E-state index is 0.170. The summed E-state index contributed by atoms with van der Waals surface area (Å²) < 4.78 is 5.39. The van der Waals surface area contributed by atoms with E-state index in [1.807, 2.05) is 11.9 Å². The fraction of sp³-hybridized carbons (Fsp3) is 0.650. The van der Waals surface area contributed by atoms with Gasteiger partial charge in [-0.15, -0.1) is 0 Å². The van der Waals surface area contributed by atoms with Crippen molar-refractivity contribution >= 4 is 5.91 Å². The SMILES string of the molecule is CN(C(=O)C1CCOCC1)[C@@H]1CCCN(CCc2ccccc2)C1. The van der Waals surface area contributed by atoms with Gasteiger partial charge in [-0.25, -0.2) is 0 Å². The first kappa shape index (κ1) is 17.4. The van der Waals surface area contributed by atoms with E-state index >= 15 is 0 Å². The van der Waals surface area contributed by atoms with E-state index in [2.05, 4.69) is 35.2 Å². The summed E-state index contributed by atoms with van der Waals surface area (Å²) in [6.07, 6.45) is 5.17. The highest BCUT2D eigenvalue weighted by Gasteiger charge is 2.30. The van der Waals surface area contributed by atoms with Crippen molar-refractivity contribution in [1.29, 1.82) is 0 Å². The maximum absolute atomic E-state index is 12.7. The number of benzene rings is 1. The molecule has 2 fully saturated rings. The van der Waals surface area contributed by atoms with Gasteiger partial charge in [0.15, 0.2) is 0 Å². The van der Waals surface area contributed by atoms with Crippen molar-refractivity contribution in [3.63, 3.8) is 0 Å². The van der Waals surface area contributed by atoms with E-state index in [0.29, 0.717) is 11.9 Å². The van der Waals surface area contributed by atoms with Gasteiger partial charge < -0.3 is 14.5 Å². The monoisotopic (exact) mass is 330 g/mol. The minimum atomic E-state index is 0.170. The lowest BCUT2D eigenvalue weighted by atomic mass is 9.96. The number of likely N-dealkylation sites (N-methyl/N-ethyl adjacent to an activating group) is 1. The van der Waals surface area contributed by atoms with Gasteiger partial charge >= 0.3 is 0 Å². The summed E-state index contributed by atoms with van der Waals surface area (Å²) in [6, 6.07) is 11.0. The molecule has 0 saturated carbocycles. The maximum Gasteiger partial charge on any atom is 0.225 e. The number of likely N-dealkylation sites (tertiary alicyclic amines) is 1. The molecule has 1 amide bonds. The summed E-state index contributed by atoms with van der Waals surface area (Å²) >= 11 is 0. The largest absolute Gasteiger partial charge is 0.381 e. The van der Waals surface area contributed by atoms with Gasteiger partial charge in [-0.1, -0.05) is 30.3 Å². The Labute approximate surface area is 145 Å². The van der Waals surface area contributed by atoms with Crippen molar-refractivity contribution in [2.24, 2.45) is 5.92 Å². The van der Waals surface area contributed by atoms with Crippen LogP contribution < -0.4 is 0 Å². The molecule has 132 valence electrons. The number of piperidine rings is 1. The molecule has 2 heterocycles. The van der Waals surface area contributed by atoms with Gasteiger partial charge in [0, 0.05) is 45.3 Å². The number of hydrogen-bond donors (Lipinski definition) is 0. The minimum Gasteiger partial charge on any atom is -0.381 e. The quantitative estimate of drug-likeness (QED) is 0.832. The number of ether oxygens (including phenoxy) is 1. The van der Waals surface area contributed by atoms with Crippen LogP contribution in [-0.4, -0.2) is 61.6 Å². The molecule has 2 aliphatic heterocycles. The molecular formula is C20H30N2O2. The zero-order chi connectivity index (χ0) is 16.8. The smallest absolute Gasteiger partial charge is 0.225 e. The molecular weight excluding hydrogens is 300 g/mol. The number of nitrogens with zero attached hydrogens (tertiary/aromatic N) is 2. The second-order valence-corrected chi connectivity index (χ2v) is 7.17. The van der Waals surface area contributed by atoms with E-state index in [4.69, 9.17) is 4.74 Å². The predicted molar refractivity (Wildman–Crippen MR) is 95.9 cm³/mol. The van der Waals surface area contributed by atoms with E-state index in [1.54, 1.807) is 0 Å². The Hall–Kier alpha value is -1.39. The van der Waals surface area contributed by atoms with Crippen molar-refractivity contribution < 1.29 is 9.53 Å². The highest BCUT2D eigenvalue weighted by atomic mass is 16.5. The number of amides is 1. The molecule has 24 heavy (non-hydrogen) atoms. The van der Waals surface area contributed by atoms with E-state index < -0.39 is 0 Å². The predicted octanol–water partition coefficient (Wildman–Crippen LogP) is 2.58. The third-order valence-corrected chi connectivity index (χ3v) is 5.51. The first-order valence-electron chi connectivity index (χ1n) is 9.35. The Morgan fingerprint density at radius 2 is 1.96 bits per heavy atom. The Morgan fingerprint density at radius 3 is 2.71 bits per heavy atom. The second-order valence-electron chi connectivity index (χ2n) is 7.17. The zero-order valence-electron chi connectivity index (χ0n) is 14.8. The van der Waals surface area contributed by atoms with Gasteiger partial charge in [0.25, 0.3) is 0 Å². The highest BCUT2D eigenvalue weighted by molar-refractivity contribution is 5.79. The third-order valence-electron chi connectivity index (χ3n) is 5.51. The molecule has 0 N–H and O–H groups in total. The first-order valence-corrected chi connectivity index (χ1v) is 9.35. The first-order chi connectivity index (χ1) is 11.7. The lowest BCUT2D eigenvalue weighted by molar-refractivity contribution is -0.140. The number of rotatable bonds is 5. The Balaban J connectivity index is 1.49. The van der Waals surface area contributed by atoms with Crippen molar-refractivity contribution in [1.82, 2.24) is 9.80 Å². The molecule has 2 aliphatic rings. The highest BCUT2D eigenvalue weighted by Crippen LogP contribution is 2.21.